The lowest BCUT2D eigenvalue weighted by Crippen LogP contribution is -2.29. The maximum absolute atomic E-state index is 13.7. The van der Waals surface area contributed by atoms with E-state index in [4.69, 9.17) is 10.2 Å². The minimum Gasteiger partial charge on any atom is -0.396 e. The van der Waals surface area contributed by atoms with Crippen molar-refractivity contribution in [2.75, 3.05) is 11.9 Å². The number of fused-ring (bicyclic) bond motifs is 2. The largest absolute Gasteiger partial charge is 0.396 e. The van der Waals surface area contributed by atoms with Gasteiger partial charge in [0.25, 0.3) is 5.56 Å². The van der Waals surface area contributed by atoms with E-state index < -0.39 is 0 Å². The van der Waals surface area contributed by atoms with Gasteiger partial charge in [-0.25, -0.2) is 14.5 Å². The molecule has 0 aliphatic carbocycles. The molecule has 0 saturated carbocycles. The topological polar surface area (TPSA) is 131 Å². The zero-order valence-corrected chi connectivity index (χ0v) is 21.0. The first-order valence-corrected chi connectivity index (χ1v) is 12.4. The van der Waals surface area contributed by atoms with Crippen molar-refractivity contribution in [3.05, 3.63) is 89.3 Å². The normalized spacial score (nSPS) is 12.4. The van der Waals surface area contributed by atoms with E-state index in [-0.39, 0.29) is 18.2 Å². The van der Waals surface area contributed by atoms with E-state index in [9.17, 15) is 4.79 Å². The van der Waals surface area contributed by atoms with Crippen molar-refractivity contribution < 1.29 is 5.11 Å². The average Bonchev–Trinajstić information content (AvgIpc) is 3.66. The summed E-state index contributed by atoms with van der Waals surface area (Å²) in [6.45, 7) is 4.60. The Balaban J connectivity index is 1.44. The number of aryl methyl sites for hydroxylation is 2. The summed E-state index contributed by atoms with van der Waals surface area (Å²) >= 11 is 0. The molecule has 6 rings (SSSR count). The van der Waals surface area contributed by atoms with Crippen LogP contribution >= 0.6 is 0 Å². The van der Waals surface area contributed by atoms with E-state index >= 15 is 0 Å². The Kier molecular flexibility index (Phi) is 5.97. The number of aromatic nitrogens is 8. The summed E-state index contributed by atoms with van der Waals surface area (Å²) in [5.41, 5.74) is 4.50. The van der Waals surface area contributed by atoms with Crippen molar-refractivity contribution in [2.24, 2.45) is 0 Å². The summed E-state index contributed by atoms with van der Waals surface area (Å²) in [7, 11) is 0. The number of nitrogens with zero attached hydrogens (tertiary/aromatic N) is 7. The Morgan fingerprint density at radius 3 is 2.82 bits per heavy atom. The standard InChI is InChI=1S/C27H27N9O2/c1-17-9-11-35-23(17)27(38)36(20-7-4-3-5-8-20)26(33-35)18(2)32-25-22-21(14-28-24(22)29-16-30-25)19-13-31-34(15-19)10-6-12-37/h3-5,7-9,11,13-16,18,37H,6,10,12H2,1-2H3,(H2,28,29,30,32). The molecule has 0 spiro atoms. The summed E-state index contributed by atoms with van der Waals surface area (Å²) in [5, 5.41) is 22.7. The van der Waals surface area contributed by atoms with Crippen molar-refractivity contribution in [1.29, 1.82) is 0 Å². The number of hydrogen-bond donors (Lipinski definition) is 3. The lowest BCUT2D eigenvalue weighted by molar-refractivity contribution is 0.277. The van der Waals surface area contributed by atoms with Gasteiger partial charge in [-0.3, -0.25) is 14.0 Å². The minimum absolute atomic E-state index is 0.110. The van der Waals surface area contributed by atoms with Gasteiger partial charge in [0.05, 0.1) is 23.3 Å². The molecule has 11 heteroatoms. The van der Waals surface area contributed by atoms with Crippen molar-refractivity contribution in [2.45, 2.75) is 32.9 Å². The molecule has 1 aromatic carbocycles. The Morgan fingerprint density at radius 1 is 1.16 bits per heavy atom. The third-order valence-corrected chi connectivity index (χ3v) is 6.63. The smallest absolute Gasteiger partial charge is 0.282 e. The zero-order valence-electron chi connectivity index (χ0n) is 21.0. The van der Waals surface area contributed by atoms with E-state index in [0.29, 0.717) is 35.8 Å². The number of para-hydroxylation sites is 1. The van der Waals surface area contributed by atoms with Gasteiger partial charge in [-0.1, -0.05) is 18.2 Å². The van der Waals surface area contributed by atoms with Crippen LogP contribution in [0.2, 0.25) is 0 Å². The Labute approximate surface area is 217 Å². The first-order valence-electron chi connectivity index (χ1n) is 12.4. The van der Waals surface area contributed by atoms with Crippen LogP contribution in [0, 0.1) is 6.92 Å². The molecule has 11 nitrogen and oxygen atoms in total. The van der Waals surface area contributed by atoms with Crippen LogP contribution in [0.25, 0.3) is 33.4 Å². The van der Waals surface area contributed by atoms with E-state index in [1.807, 2.05) is 62.6 Å². The van der Waals surface area contributed by atoms with Gasteiger partial charge < -0.3 is 15.4 Å². The number of aliphatic hydroxyl groups is 1. The first-order chi connectivity index (χ1) is 18.5. The quantitative estimate of drug-likeness (QED) is 0.286. The molecule has 5 aromatic heterocycles. The number of anilines is 1. The van der Waals surface area contributed by atoms with Gasteiger partial charge >= 0.3 is 0 Å². The number of H-pyrrole nitrogens is 1. The van der Waals surface area contributed by atoms with Crippen LogP contribution in [-0.4, -0.2) is 50.6 Å². The molecule has 5 heterocycles. The second kappa shape index (κ2) is 9.60. The zero-order chi connectivity index (χ0) is 26.2. The van der Waals surface area contributed by atoms with Crippen LogP contribution < -0.4 is 10.9 Å². The molecule has 1 unspecified atom stereocenters. The second-order valence-electron chi connectivity index (χ2n) is 9.21. The summed E-state index contributed by atoms with van der Waals surface area (Å²) in [4.78, 5) is 25.9. The minimum atomic E-state index is -0.386. The number of aliphatic hydroxyl groups excluding tert-OH is 1. The summed E-state index contributed by atoms with van der Waals surface area (Å²) in [6, 6.07) is 11.0. The predicted octanol–water partition coefficient (Wildman–Crippen LogP) is 3.48. The molecule has 0 radical (unpaired) electrons. The number of nitrogens with one attached hydrogen (secondary N) is 2. The fourth-order valence-electron chi connectivity index (χ4n) is 4.77. The summed E-state index contributed by atoms with van der Waals surface area (Å²) in [6.07, 6.45) is 9.55. The molecule has 3 N–H and O–H groups in total. The fraction of sp³-hybridized carbons (Fsp3) is 0.222. The van der Waals surface area contributed by atoms with Crippen LogP contribution in [0.4, 0.5) is 5.82 Å². The Hall–Kier alpha value is -4.77. The molecule has 0 bridgehead atoms. The van der Waals surface area contributed by atoms with Crippen molar-refractivity contribution >= 4 is 22.4 Å². The Morgan fingerprint density at radius 2 is 2.00 bits per heavy atom. The predicted molar refractivity (Wildman–Crippen MR) is 144 cm³/mol. The van der Waals surface area contributed by atoms with Gasteiger partial charge in [0.2, 0.25) is 0 Å². The van der Waals surface area contributed by atoms with E-state index in [1.54, 1.807) is 26.2 Å². The first kappa shape index (κ1) is 23.6. The van der Waals surface area contributed by atoms with Crippen molar-refractivity contribution in [3.8, 4) is 16.8 Å². The monoisotopic (exact) mass is 509 g/mol. The molecule has 192 valence electrons. The van der Waals surface area contributed by atoms with Crippen LogP contribution in [0.3, 0.4) is 0 Å². The molecule has 1 atom stereocenters. The molecule has 0 fully saturated rings. The highest BCUT2D eigenvalue weighted by atomic mass is 16.3. The second-order valence-corrected chi connectivity index (χ2v) is 9.21. The molecule has 38 heavy (non-hydrogen) atoms. The van der Waals surface area contributed by atoms with Gasteiger partial charge in [-0.05, 0) is 44.0 Å². The molecule has 0 saturated heterocycles. The highest BCUT2D eigenvalue weighted by molar-refractivity contribution is 6.00. The third kappa shape index (κ3) is 4.02. The molecular formula is C27H27N9O2. The molecule has 6 aromatic rings. The lowest BCUT2D eigenvalue weighted by Gasteiger charge is -2.20. The van der Waals surface area contributed by atoms with E-state index in [2.05, 4.69) is 25.4 Å². The average molecular weight is 510 g/mol. The van der Waals surface area contributed by atoms with Crippen LogP contribution in [0.5, 0.6) is 0 Å². The van der Waals surface area contributed by atoms with Crippen molar-refractivity contribution in [3.63, 3.8) is 0 Å². The number of aromatic amines is 1. The SMILES string of the molecule is Cc1ccn2nc(C(C)Nc3ncnc4[nH]cc(-c5cnn(CCCO)c5)c34)n(-c3ccccc3)c(=O)c12. The molecule has 0 aliphatic heterocycles. The summed E-state index contributed by atoms with van der Waals surface area (Å²) in [5.74, 6) is 1.16. The maximum Gasteiger partial charge on any atom is 0.282 e. The molecule has 0 amide bonds. The van der Waals surface area contributed by atoms with Gasteiger partial charge in [0.1, 0.15) is 23.3 Å². The molecular weight excluding hydrogens is 482 g/mol. The van der Waals surface area contributed by atoms with Crippen LogP contribution in [0.1, 0.15) is 30.8 Å². The number of benzene rings is 1. The summed E-state index contributed by atoms with van der Waals surface area (Å²) < 4.78 is 5.10. The van der Waals surface area contributed by atoms with Crippen LogP contribution in [-0.2, 0) is 6.54 Å². The molecule has 0 aliphatic rings. The van der Waals surface area contributed by atoms with Gasteiger partial charge in [-0.15, -0.1) is 0 Å². The highest BCUT2D eigenvalue weighted by Gasteiger charge is 2.22. The van der Waals surface area contributed by atoms with Gasteiger partial charge in [0, 0.05) is 42.9 Å². The number of hydrogen-bond acceptors (Lipinski definition) is 7. The van der Waals surface area contributed by atoms with Crippen LogP contribution in [0.15, 0.2) is 72.3 Å². The van der Waals surface area contributed by atoms with Gasteiger partial charge in [-0.2, -0.15) is 10.2 Å². The fourth-order valence-corrected chi connectivity index (χ4v) is 4.77. The number of rotatable bonds is 8. The van der Waals surface area contributed by atoms with Gasteiger partial charge in [0.15, 0.2) is 5.82 Å². The van der Waals surface area contributed by atoms with E-state index in [1.165, 1.54) is 6.33 Å². The third-order valence-electron chi connectivity index (χ3n) is 6.63. The Bertz CT molecular complexity index is 1800. The van der Waals surface area contributed by atoms with E-state index in [0.717, 1.165) is 27.8 Å². The highest BCUT2D eigenvalue weighted by Crippen LogP contribution is 2.33. The maximum atomic E-state index is 13.7. The van der Waals surface area contributed by atoms with Crippen molar-refractivity contribution in [1.82, 2.24) is 38.9 Å². The lowest BCUT2D eigenvalue weighted by atomic mass is 10.1.